The van der Waals surface area contributed by atoms with Crippen LogP contribution in [-0.4, -0.2) is 61.3 Å². The number of aryl methyl sites for hydroxylation is 2. The summed E-state index contributed by atoms with van der Waals surface area (Å²) in [5.41, 5.74) is 4.41. The maximum absolute atomic E-state index is 13.7. The highest BCUT2D eigenvalue weighted by Gasteiger charge is 2.36. The van der Waals surface area contributed by atoms with Crippen molar-refractivity contribution in [2.75, 3.05) is 31.1 Å². The average molecular weight is 543 g/mol. The number of piperazine rings is 1. The number of para-hydroxylation sites is 1. The van der Waals surface area contributed by atoms with Crippen LogP contribution >= 0.6 is 11.3 Å². The van der Waals surface area contributed by atoms with Crippen LogP contribution in [0.3, 0.4) is 0 Å². The topological polar surface area (TPSA) is 95.8 Å². The first-order valence-corrected chi connectivity index (χ1v) is 14.3. The molecule has 1 saturated heterocycles. The number of pyridine rings is 1. The Kier molecular flexibility index (Phi) is 6.47. The van der Waals surface area contributed by atoms with Crippen LogP contribution in [0.4, 0.5) is 5.13 Å². The number of thiazole rings is 1. The number of aromatic amines is 1. The van der Waals surface area contributed by atoms with E-state index in [2.05, 4.69) is 88.3 Å². The number of anilines is 1. The maximum Gasteiger partial charge on any atom is 0.253 e. The molecule has 0 spiro atoms. The van der Waals surface area contributed by atoms with E-state index in [4.69, 9.17) is 4.98 Å². The summed E-state index contributed by atoms with van der Waals surface area (Å²) in [5, 5.41) is 15.1. The molecule has 0 unspecified atom stereocenters. The third kappa shape index (κ3) is 4.61. The molecule has 0 amide bonds. The van der Waals surface area contributed by atoms with Gasteiger partial charge in [-0.25, -0.2) is 9.67 Å². The van der Waals surface area contributed by atoms with Gasteiger partial charge in [-0.1, -0.05) is 42.0 Å². The Morgan fingerprint density at radius 1 is 1.08 bits per heavy atom. The smallest absolute Gasteiger partial charge is 0.253 e. The van der Waals surface area contributed by atoms with E-state index in [1.54, 1.807) is 11.3 Å². The van der Waals surface area contributed by atoms with E-state index >= 15 is 0 Å². The average Bonchev–Trinajstić information content (AvgIpc) is 3.58. The number of aromatic nitrogens is 6. The van der Waals surface area contributed by atoms with Crippen molar-refractivity contribution >= 4 is 37.6 Å². The summed E-state index contributed by atoms with van der Waals surface area (Å²) in [6.07, 6.45) is 0.857. The van der Waals surface area contributed by atoms with Crippen LogP contribution in [0.5, 0.6) is 0 Å². The number of hydrogen-bond donors (Lipinski definition) is 1. The lowest BCUT2D eigenvalue weighted by atomic mass is 9.98. The zero-order valence-electron chi connectivity index (χ0n) is 23.1. The highest BCUT2D eigenvalue weighted by Crippen LogP contribution is 2.34. The monoisotopic (exact) mass is 542 g/mol. The Labute approximate surface area is 231 Å². The van der Waals surface area contributed by atoms with E-state index in [0.717, 1.165) is 65.3 Å². The molecule has 1 aliphatic rings. The Bertz CT molecular complexity index is 1680. The molecule has 0 bridgehead atoms. The van der Waals surface area contributed by atoms with E-state index in [-0.39, 0.29) is 17.1 Å². The minimum Gasteiger partial charge on any atom is -0.345 e. The fourth-order valence-corrected chi connectivity index (χ4v) is 6.54. The molecule has 2 aromatic carbocycles. The van der Waals surface area contributed by atoms with Crippen molar-refractivity contribution in [3.05, 3.63) is 75.3 Å². The van der Waals surface area contributed by atoms with Crippen molar-refractivity contribution < 1.29 is 0 Å². The van der Waals surface area contributed by atoms with E-state index in [9.17, 15) is 4.79 Å². The van der Waals surface area contributed by atoms with Gasteiger partial charge in [0.25, 0.3) is 5.56 Å². The van der Waals surface area contributed by atoms with Gasteiger partial charge in [0.2, 0.25) is 0 Å². The van der Waals surface area contributed by atoms with Gasteiger partial charge in [-0.3, -0.25) is 9.69 Å². The number of H-pyrrole nitrogens is 1. The standard InChI is InChI=1S/C29H34N8OS/c1-6-29(4,5)37-26(32-33-34-37)25(21-17-20-16-18(2)15-19(3)24(20)31-27(21)38)35-11-13-36(14-12-35)28-30-22-9-7-8-10-23(22)39-28/h7-10,15-17,25H,6,11-14H2,1-5H3,(H,31,38)/t25-/m1/s1. The predicted octanol–water partition coefficient (Wildman–Crippen LogP) is 4.80. The number of benzene rings is 2. The number of nitrogens with one attached hydrogen (secondary N) is 1. The molecule has 202 valence electrons. The summed E-state index contributed by atoms with van der Waals surface area (Å²) in [6.45, 7) is 13.6. The molecule has 3 aromatic heterocycles. The molecular formula is C29H34N8OS. The Balaban J connectivity index is 1.40. The van der Waals surface area contributed by atoms with Crippen molar-refractivity contribution in [1.82, 2.24) is 35.1 Å². The van der Waals surface area contributed by atoms with Crippen LogP contribution in [0.1, 0.15) is 55.7 Å². The highest BCUT2D eigenvalue weighted by molar-refractivity contribution is 7.22. The summed E-state index contributed by atoms with van der Waals surface area (Å²) < 4.78 is 3.10. The molecule has 9 nitrogen and oxygen atoms in total. The first-order valence-electron chi connectivity index (χ1n) is 13.5. The van der Waals surface area contributed by atoms with Gasteiger partial charge in [-0.05, 0) is 79.8 Å². The molecule has 0 radical (unpaired) electrons. The van der Waals surface area contributed by atoms with E-state index < -0.39 is 0 Å². The summed E-state index contributed by atoms with van der Waals surface area (Å²) in [4.78, 5) is 26.4. The van der Waals surface area contributed by atoms with Gasteiger partial charge in [0.05, 0.1) is 21.3 Å². The van der Waals surface area contributed by atoms with Gasteiger partial charge in [0.1, 0.15) is 6.04 Å². The van der Waals surface area contributed by atoms with E-state index in [1.807, 2.05) is 23.7 Å². The number of tetrazole rings is 1. The maximum atomic E-state index is 13.7. The van der Waals surface area contributed by atoms with Gasteiger partial charge < -0.3 is 9.88 Å². The van der Waals surface area contributed by atoms with Crippen molar-refractivity contribution in [3.8, 4) is 0 Å². The predicted molar refractivity (Wildman–Crippen MR) is 157 cm³/mol. The summed E-state index contributed by atoms with van der Waals surface area (Å²) in [5.74, 6) is 0.699. The fourth-order valence-electron chi connectivity index (χ4n) is 5.52. The minimum absolute atomic E-state index is 0.100. The SMILES string of the molecule is CCC(C)(C)n1nnnc1[C@@H](c1cc2cc(C)cc(C)c2[nH]c1=O)N1CCN(c2nc3ccccc3s2)CC1. The molecule has 1 N–H and O–H groups in total. The normalized spacial score (nSPS) is 15.9. The molecule has 1 atom stereocenters. The summed E-state index contributed by atoms with van der Waals surface area (Å²) in [6, 6.07) is 14.2. The second kappa shape index (κ2) is 9.84. The zero-order valence-corrected chi connectivity index (χ0v) is 23.9. The molecule has 0 saturated carbocycles. The number of nitrogens with zero attached hydrogens (tertiary/aromatic N) is 7. The molecule has 1 fully saturated rings. The largest absolute Gasteiger partial charge is 0.345 e. The Morgan fingerprint density at radius 3 is 2.59 bits per heavy atom. The number of rotatable bonds is 6. The van der Waals surface area contributed by atoms with Crippen molar-refractivity contribution in [3.63, 3.8) is 0 Å². The molecule has 4 heterocycles. The summed E-state index contributed by atoms with van der Waals surface area (Å²) in [7, 11) is 0. The van der Waals surface area contributed by atoms with Gasteiger partial charge in [0.15, 0.2) is 11.0 Å². The molecule has 0 aliphatic carbocycles. The Morgan fingerprint density at radius 2 is 1.85 bits per heavy atom. The highest BCUT2D eigenvalue weighted by atomic mass is 32.1. The second-order valence-corrected chi connectivity index (χ2v) is 12.1. The third-order valence-corrected chi connectivity index (χ3v) is 9.12. The molecule has 6 rings (SSSR count). The van der Waals surface area contributed by atoms with Crippen LogP contribution in [0.15, 0.2) is 47.3 Å². The lowest BCUT2D eigenvalue weighted by Gasteiger charge is -2.39. The number of fused-ring (bicyclic) bond motifs is 2. The quantitative estimate of drug-likeness (QED) is 0.329. The van der Waals surface area contributed by atoms with Gasteiger partial charge in [0, 0.05) is 31.7 Å². The van der Waals surface area contributed by atoms with Crippen molar-refractivity contribution in [2.24, 2.45) is 0 Å². The van der Waals surface area contributed by atoms with Gasteiger partial charge in [-0.15, -0.1) is 5.10 Å². The van der Waals surface area contributed by atoms with Crippen molar-refractivity contribution in [1.29, 1.82) is 0 Å². The van der Waals surface area contributed by atoms with Crippen LogP contribution in [0.2, 0.25) is 0 Å². The van der Waals surface area contributed by atoms with Crippen LogP contribution in [0, 0.1) is 13.8 Å². The van der Waals surface area contributed by atoms with Crippen molar-refractivity contribution in [2.45, 2.75) is 52.6 Å². The molecular weight excluding hydrogens is 508 g/mol. The molecule has 10 heteroatoms. The van der Waals surface area contributed by atoms with Crippen LogP contribution < -0.4 is 10.5 Å². The molecule has 5 aromatic rings. The van der Waals surface area contributed by atoms with Gasteiger partial charge >= 0.3 is 0 Å². The van der Waals surface area contributed by atoms with E-state index in [0.29, 0.717) is 11.4 Å². The van der Waals surface area contributed by atoms with Crippen LogP contribution in [0.25, 0.3) is 21.1 Å². The number of hydrogen-bond acceptors (Lipinski definition) is 8. The van der Waals surface area contributed by atoms with E-state index in [1.165, 1.54) is 4.70 Å². The third-order valence-electron chi connectivity index (χ3n) is 8.03. The Hall–Kier alpha value is -3.63. The minimum atomic E-state index is -0.377. The lowest BCUT2D eigenvalue weighted by Crippen LogP contribution is -2.49. The zero-order chi connectivity index (χ0) is 27.3. The van der Waals surface area contributed by atoms with Crippen LogP contribution in [-0.2, 0) is 5.54 Å². The second-order valence-electron chi connectivity index (χ2n) is 11.1. The molecule has 1 aliphatic heterocycles. The molecule has 39 heavy (non-hydrogen) atoms. The van der Waals surface area contributed by atoms with Gasteiger partial charge in [-0.2, -0.15) is 0 Å². The summed E-state index contributed by atoms with van der Waals surface area (Å²) >= 11 is 1.73. The lowest BCUT2D eigenvalue weighted by molar-refractivity contribution is 0.186. The first-order chi connectivity index (χ1) is 18.7. The fraction of sp³-hybridized carbons (Fsp3) is 0.414. The first kappa shape index (κ1) is 25.6.